The molecule has 0 bridgehead atoms. The van der Waals surface area contributed by atoms with Crippen molar-refractivity contribution in [3.8, 4) is 11.1 Å². The van der Waals surface area contributed by atoms with Crippen LogP contribution in [0.3, 0.4) is 0 Å². The van der Waals surface area contributed by atoms with E-state index in [0.29, 0.717) is 0 Å². The Bertz CT molecular complexity index is 832. The van der Waals surface area contributed by atoms with Gasteiger partial charge in [0.15, 0.2) is 0 Å². The van der Waals surface area contributed by atoms with E-state index >= 15 is 0 Å². The molecular formula is C16H13N3O2. The first-order valence-corrected chi connectivity index (χ1v) is 6.50. The number of rotatable bonds is 3. The van der Waals surface area contributed by atoms with Crippen LogP contribution in [0.4, 0.5) is 0 Å². The quantitative estimate of drug-likeness (QED) is 0.585. The number of aromatic nitrogens is 2. The summed E-state index contributed by atoms with van der Waals surface area (Å²) in [5.74, 6) is 0. The van der Waals surface area contributed by atoms with E-state index in [9.17, 15) is 10.1 Å². The van der Waals surface area contributed by atoms with Crippen LogP contribution in [0.1, 0.15) is 11.3 Å². The number of nitro groups is 1. The minimum atomic E-state index is -0.469. The van der Waals surface area contributed by atoms with Gasteiger partial charge in [-0.2, -0.15) is 0 Å². The summed E-state index contributed by atoms with van der Waals surface area (Å²) in [6, 6.07) is 11.6. The molecule has 5 heteroatoms. The summed E-state index contributed by atoms with van der Waals surface area (Å²) in [6.45, 7) is 2.01. The lowest BCUT2D eigenvalue weighted by atomic mass is 10.0. The van der Waals surface area contributed by atoms with E-state index in [1.807, 2.05) is 43.3 Å². The first kappa shape index (κ1) is 13.1. The Morgan fingerprint density at radius 1 is 1.24 bits per heavy atom. The van der Waals surface area contributed by atoms with Crippen molar-refractivity contribution in [3.63, 3.8) is 0 Å². The number of fused-ring (bicyclic) bond motifs is 1. The smallest absolute Gasteiger partial charge is 0.235 e. The van der Waals surface area contributed by atoms with Crippen LogP contribution in [0.5, 0.6) is 0 Å². The normalized spacial score (nSPS) is 11.3. The molecule has 0 aliphatic rings. The predicted octanol–water partition coefficient (Wildman–Crippen LogP) is 3.79. The summed E-state index contributed by atoms with van der Waals surface area (Å²) >= 11 is 0. The van der Waals surface area contributed by atoms with Crippen molar-refractivity contribution in [3.05, 3.63) is 70.2 Å². The Labute approximate surface area is 121 Å². The van der Waals surface area contributed by atoms with Crippen LogP contribution < -0.4 is 0 Å². The van der Waals surface area contributed by atoms with Gasteiger partial charge in [-0.05, 0) is 30.2 Å². The van der Waals surface area contributed by atoms with E-state index in [4.69, 9.17) is 0 Å². The molecule has 0 amide bonds. The predicted molar refractivity (Wildman–Crippen MR) is 82.3 cm³/mol. The minimum Gasteiger partial charge on any atom is -0.343 e. The Kier molecular flexibility index (Phi) is 3.23. The van der Waals surface area contributed by atoms with E-state index in [-0.39, 0.29) is 0 Å². The molecule has 104 valence electrons. The van der Waals surface area contributed by atoms with Crippen molar-refractivity contribution in [2.75, 3.05) is 0 Å². The summed E-state index contributed by atoms with van der Waals surface area (Å²) < 4.78 is 0. The van der Waals surface area contributed by atoms with Gasteiger partial charge in [0.1, 0.15) is 5.65 Å². The third kappa shape index (κ3) is 2.53. The highest BCUT2D eigenvalue weighted by atomic mass is 16.6. The van der Waals surface area contributed by atoms with Crippen LogP contribution in [-0.4, -0.2) is 14.9 Å². The maximum Gasteiger partial charge on any atom is 0.235 e. The molecule has 3 aromatic rings. The molecule has 0 saturated carbocycles. The molecule has 0 radical (unpaired) electrons. The van der Waals surface area contributed by atoms with Crippen LogP contribution >= 0.6 is 0 Å². The van der Waals surface area contributed by atoms with E-state index < -0.39 is 4.92 Å². The molecule has 0 fully saturated rings. The topological polar surface area (TPSA) is 71.8 Å². The largest absolute Gasteiger partial charge is 0.343 e. The van der Waals surface area contributed by atoms with Gasteiger partial charge in [0.2, 0.25) is 6.20 Å². The average Bonchev–Trinajstić information content (AvgIpc) is 2.81. The van der Waals surface area contributed by atoms with Gasteiger partial charge >= 0.3 is 0 Å². The molecule has 0 saturated heterocycles. The van der Waals surface area contributed by atoms with Crippen molar-refractivity contribution in [2.45, 2.75) is 6.92 Å². The Balaban J connectivity index is 2.03. The lowest BCUT2D eigenvalue weighted by Crippen LogP contribution is -1.83. The lowest BCUT2D eigenvalue weighted by Gasteiger charge is -2.02. The summed E-state index contributed by atoms with van der Waals surface area (Å²) in [4.78, 5) is 17.4. The number of pyridine rings is 1. The Morgan fingerprint density at radius 3 is 2.71 bits per heavy atom. The fraction of sp³-hybridized carbons (Fsp3) is 0.0625. The van der Waals surface area contributed by atoms with Crippen molar-refractivity contribution in [2.24, 2.45) is 0 Å². The summed E-state index contributed by atoms with van der Waals surface area (Å²) in [5.41, 5.74) is 4.89. The second-order valence-electron chi connectivity index (χ2n) is 4.75. The molecule has 1 aromatic carbocycles. The zero-order valence-electron chi connectivity index (χ0n) is 11.4. The Morgan fingerprint density at radius 2 is 2.00 bits per heavy atom. The molecule has 3 rings (SSSR count). The number of aromatic amines is 1. The highest BCUT2D eigenvalue weighted by Crippen LogP contribution is 2.31. The van der Waals surface area contributed by atoms with E-state index in [0.717, 1.165) is 39.6 Å². The van der Waals surface area contributed by atoms with Crippen LogP contribution in [0, 0.1) is 17.0 Å². The first-order chi connectivity index (χ1) is 10.1. The van der Waals surface area contributed by atoms with Gasteiger partial charge in [0.05, 0.1) is 4.92 Å². The molecular weight excluding hydrogens is 266 g/mol. The molecule has 0 atom stereocenters. The second-order valence-corrected chi connectivity index (χ2v) is 4.75. The number of nitrogens with one attached hydrogen (secondary N) is 1. The molecule has 0 aliphatic carbocycles. The molecule has 0 spiro atoms. The van der Waals surface area contributed by atoms with Crippen molar-refractivity contribution < 1.29 is 4.92 Å². The monoisotopic (exact) mass is 279 g/mol. The molecule has 21 heavy (non-hydrogen) atoms. The first-order valence-electron chi connectivity index (χ1n) is 6.50. The molecule has 2 heterocycles. The van der Waals surface area contributed by atoms with Gasteiger partial charge in [-0.15, -0.1) is 0 Å². The molecule has 0 aliphatic heterocycles. The maximum absolute atomic E-state index is 10.3. The van der Waals surface area contributed by atoms with Crippen molar-refractivity contribution in [1.82, 2.24) is 9.97 Å². The highest BCUT2D eigenvalue weighted by Gasteiger charge is 2.10. The standard InChI is InChI=1S/C16H13N3O2/c1-11-15(14-3-2-9-17-16(14)18-11)13-6-4-12(5-7-13)8-10-19(20)21/h2-10H,1H3,(H,17,18)/b10-8+. The highest BCUT2D eigenvalue weighted by molar-refractivity contribution is 5.95. The minimum absolute atomic E-state index is 0.469. The SMILES string of the molecule is Cc1[nH]c2ncccc2c1-c1ccc(/C=C/[N+](=O)[O-])cc1. The molecule has 1 N–H and O–H groups in total. The molecule has 5 nitrogen and oxygen atoms in total. The van der Waals surface area contributed by atoms with Crippen LogP contribution in [0.25, 0.3) is 28.2 Å². The zero-order chi connectivity index (χ0) is 14.8. The van der Waals surface area contributed by atoms with Gasteiger partial charge in [-0.1, -0.05) is 24.3 Å². The third-order valence-corrected chi connectivity index (χ3v) is 3.35. The second kappa shape index (κ2) is 5.20. The van der Waals surface area contributed by atoms with Gasteiger partial charge in [0, 0.05) is 28.9 Å². The van der Waals surface area contributed by atoms with Crippen LogP contribution in [0.2, 0.25) is 0 Å². The Hall–Kier alpha value is -2.95. The third-order valence-electron chi connectivity index (χ3n) is 3.35. The molecule has 0 unspecified atom stereocenters. The van der Waals surface area contributed by atoms with Crippen LogP contribution in [-0.2, 0) is 0 Å². The van der Waals surface area contributed by atoms with Gasteiger partial charge in [0.25, 0.3) is 0 Å². The summed E-state index contributed by atoms with van der Waals surface area (Å²) in [5, 5.41) is 11.4. The van der Waals surface area contributed by atoms with E-state index in [1.54, 1.807) is 6.20 Å². The van der Waals surface area contributed by atoms with E-state index in [2.05, 4.69) is 9.97 Å². The number of hydrogen-bond acceptors (Lipinski definition) is 3. The molecule has 2 aromatic heterocycles. The van der Waals surface area contributed by atoms with Gasteiger partial charge in [-0.25, -0.2) is 4.98 Å². The fourth-order valence-electron chi connectivity index (χ4n) is 2.43. The maximum atomic E-state index is 10.3. The number of nitrogens with zero attached hydrogens (tertiary/aromatic N) is 2. The number of benzene rings is 1. The average molecular weight is 279 g/mol. The lowest BCUT2D eigenvalue weighted by molar-refractivity contribution is -0.400. The fourth-order valence-corrected chi connectivity index (χ4v) is 2.43. The van der Waals surface area contributed by atoms with Crippen molar-refractivity contribution in [1.29, 1.82) is 0 Å². The number of aryl methyl sites for hydroxylation is 1. The van der Waals surface area contributed by atoms with Gasteiger partial charge in [-0.3, -0.25) is 10.1 Å². The van der Waals surface area contributed by atoms with Crippen LogP contribution in [0.15, 0.2) is 48.8 Å². The summed E-state index contributed by atoms with van der Waals surface area (Å²) in [6.07, 6.45) is 4.18. The number of hydrogen-bond donors (Lipinski definition) is 1. The van der Waals surface area contributed by atoms with E-state index in [1.165, 1.54) is 6.08 Å². The van der Waals surface area contributed by atoms with Gasteiger partial charge < -0.3 is 4.98 Å². The van der Waals surface area contributed by atoms with Crippen molar-refractivity contribution >= 4 is 17.1 Å². The zero-order valence-corrected chi connectivity index (χ0v) is 11.4. The number of H-pyrrole nitrogens is 1. The summed E-state index contributed by atoms with van der Waals surface area (Å²) in [7, 11) is 0.